The summed E-state index contributed by atoms with van der Waals surface area (Å²) in [5, 5.41) is 10.9. The van der Waals surface area contributed by atoms with E-state index >= 15 is 0 Å². The van der Waals surface area contributed by atoms with E-state index in [9.17, 15) is 14.9 Å². The fraction of sp³-hybridized carbons (Fsp3) is 0. The first-order chi connectivity index (χ1) is 12.0. The largest absolute Gasteiger partial charge is 0.317 e. The zero-order valence-electron chi connectivity index (χ0n) is 13.0. The number of aromatic nitrogens is 1. The molecule has 0 spiro atoms. The lowest BCUT2D eigenvalue weighted by Crippen LogP contribution is -1.98. The molecule has 0 N–H and O–H groups in total. The van der Waals surface area contributed by atoms with Gasteiger partial charge in [0.1, 0.15) is 0 Å². The van der Waals surface area contributed by atoms with Gasteiger partial charge in [0, 0.05) is 34.1 Å². The molecule has 3 rings (SSSR count). The first-order valence-electron chi connectivity index (χ1n) is 7.45. The van der Waals surface area contributed by atoms with Crippen LogP contribution in [0.4, 0.5) is 5.69 Å². The summed E-state index contributed by atoms with van der Waals surface area (Å²) in [5.74, 6) is -0.112. The van der Waals surface area contributed by atoms with Gasteiger partial charge in [-0.2, -0.15) is 0 Å². The third-order valence-corrected chi connectivity index (χ3v) is 4.16. The van der Waals surface area contributed by atoms with Crippen LogP contribution in [0.1, 0.15) is 16.1 Å². The highest BCUT2D eigenvalue weighted by Gasteiger charge is 2.08. The summed E-state index contributed by atoms with van der Waals surface area (Å²) in [4.78, 5) is 22.7. The molecule has 1 heterocycles. The van der Waals surface area contributed by atoms with Crippen molar-refractivity contribution < 1.29 is 9.72 Å². The summed E-state index contributed by atoms with van der Waals surface area (Å²) in [7, 11) is 0. The van der Waals surface area contributed by atoms with E-state index in [1.807, 2.05) is 24.3 Å². The summed E-state index contributed by atoms with van der Waals surface area (Å²) in [6.45, 7) is 0. The van der Waals surface area contributed by atoms with E-state index in [0.717, 1.165) is 10.2 Å². The van der Waals surface area contributed by atoms with Crippen molar-refractivity contribution in [2.45, 2.75) is 0 Å². The molecule has 0 unspecified atom stereocenters. The molecule has 0 aliphatic heterocycles. The van der Waals surface area contributed by atoms with Gasteiger partial charge < -0.3 is 4.57 Å². The Labute approximate surface area is 152 Å². The molecule has 0 radical (unpaired) electrons. The average Bonchev–Trinajstić information content (AvgIpc) is 3.09. The van der Waals surface area contributed by atoms with Crippen LogP contribution in [0.3, 0.4) is 0 Å². The van der Waals surface area contributed by atoms with Crippen molar-refractivity contribution in [2.24, 2.45) is 0 Å². The van der Waals surface area contributed by atoms with Crippen LogP contribution < -0.4 is 0 Å². The van der Waals surface area contributed by atoms with E-state index < -0.39 is 4.92 Å². The van der Waals surface area contributed by atoms with E-state index in [2.05, 4.69) is 15.9 Å². The number of non-ortho nitro benzene ring substituents is 1. The maximum Gasteiger partial charge on any atom is 0.271 e. The minimum Gasteiger partial charge on any atom is -0.317 e. The molecule has 25 heavy (non-hydrogen) atoms. The number of hydrogen-bond acceptors (Lipinski definition) is 3. The number of ketones is 1. The number of carbonyl (C=O) groups is 1. The summed E-state index contributed by atoms with van der Waals surface area (Å²) in [6.07, 6.45) is 4.98. The number of nitrogens with zero attached hydrogens (tertiary/aromatic N) is 2. The van der Waals surface area contributed by atoms with E-state index in [0.29, 0.717) is 11.3 Å². The van der Waals surface area contributed by atoms with Crippen molar-refractivity contribution in [2.75, 3.05) is 0 Å². The Bertz CT molecular complexity index is 959. The van der Waals surface area contributed by atoms with Crippen LogP contribution in [-0.4, -0.2) is 15.3 Å². The van der Waals surface area contributed by atoms with Gasteiger partial charge >= 0.3 is 0 Å². The summed E-state index contributed by atoms with van der Waals surface area (Å²) in [6, 6.07) is 17.1. The number of benzene rings is 2. The highest BCUT2D eigenvalue weighted by atomic mass is 79.9. The number of carbonyl (C=O) groups excluding carboxylic acids is 1. The van der Waals surface area contributed by atoms with Gasteiger partial charge in [0.15, 0.2) is 5.78 Å². The molecule has 2 aromatic carbocycles. The minimum atomic E-state index is -0.431. The van der Waals surface area contributed by atoms with Crippen LogP contribution in [0.25, 0.3) is 11.8 Å². The van der Waals surface area contributed by atoms with Crippen LogP contribution in [0.2, 0.25) is 0 Å². The van der Waals surface area contributed by atoms with Gasteiger partial charge in [-0.1, -0.05) is 22.0 Å². The SMILES string of the molecule is O=C(/C=C/c1cccn1-c1cccc([N+](=O)[O-])c1)c1ccc(Br)cc1. The summed E-state index contributed by atoms with van der Waals surface area (Å²) in [5.41, 5.74) is 2.03. The zero-order valence-corrected chi connectivity index (χ0v) is 14.6. The van der Waals surface area contributed by atoms with Gasteiger partial charge in [0.05, 0.1) is 10.6 Å². The third kappa shape index (κ3) is 3.92. The van der Waals surface area contributed by atoms with Crippen LogP contribution >= 0.6 is 15.9 Å². The molecule has 0 amide bonds. The molecule has 1 aromatic heterocycles. The Morgan fingerprint density at radius 3 is 2.56 bits per heavy atom. The highest BCUT2D eigenvalue weighted by Crippen LogP contribution is 2.20. The Morgan fingerprint density at radius 2 is 1.84 bits per heavy atom. The molecule has 0 saturated carbocycles. The van der Waals surface area contributed by atoms with Crippen molar-refractivity contribution in [3.05, 3.63) is 98.8 Å². The van der Waals surface area contributed by atoms with E-state index in [1.54, 1.807) is 41.1 Å². The Hall–Kier alpha value is -2.99. The quantitative estimate of drug-likeness (QED) is 0.262. The van der Waals surface area contributed by atoms with Crippen molar-refractivity contribution >= 4 is 33.5 Å². The van der Waals surface area contributed by atoms with Gasteiger partial charge in [-0.15, -0.1) is 0 Å². The van der Waals surface area contributed by atoms with Crippen molar-refractivity contribution in [3.8, 4) is 5.69 Å². The van der Waals surface area contributed by atoms with E-state index in [-0.39, 0.29) is 11.5 Å². The second-order valence-corrected chi connectivity index (χ2v) is 6.20. The van der Waals surface area contributed by atoms with Crippen LogP contribution in [0.15, 0.2) is 77.4 Å². The monoisotopic (exact) mass is 396 g/mol. The first kappa shape index (κ1) is 16.9. The molecule has 0 atom stereocenters. The fourth-order valence-corrected chi connectivity index (χ4v) is 2.66. The number of allylic oxidation sites excluding steroid dienone is 1. The number of halogens is 1. The molecule has 6 heteroatoms. The second-order valence-electron chi connectivity index (χ2n) is 5.28. The Morgan fingerprint density at radius 1 is 1.08 bits per heavy atom. The molecule has 124 valence electrons. The Kier molecular flexibility index (Phi) is 4.90. The first-order valence-corrected chi connectivity index (χ1v) is 8.24. The standard InChI is InChI=1S/C19H13BrN2O3/c20-15-8-6-14(7-9-15)19(23)11-10-16-5-2-12-21(16)17-3-1-4-18(13-17)22(24)25/h1-13H/b11-10+. The molecular weight excluding hydrogens is 384 g/mol. The normalized spacial score (nSPS) is 10.9. The lowest BCUT2D eigenvalue weighted by molar-refractivity contribution is -0.384. The third-order valence-electron chi connectivity index (χ3n) is 3.63. The van der Waals surface area contributed by atoms with Crippen molar-refractivity contribution in [3.63, 3.8) is 0 Å². The average molecular weight is 397 g/mol. The fourth-order valence-electron chi connectivity index (χ4n) is 2.39. The second kappa shape index (κ2) is 7.27. The predicted molar refractivity (Wildman–Crippen MR) is 99.9 cm³/mol. The van der Waals surface area contributed by atoms with Crippen LogP contribution in [-0.2, 0) is 0 Å². The zero-order chi connectivity index (χ0) is 17.8. The van der Waals surface area contributed by atoms with Gasteiger partial charge in [-0.05, 0) is 54.6 Å². The molecule has 0 aliphatic rings. The maximum absolute atomic E-state index is 12.2. The van der Waals surface area contributed by atoms with Gasteiger partial charge in [-0.3, -0.25) is 14.9 Å². The predicted octanol–water partition coefficient (Wildman–Crippen LogP) is 5.04. The molecule has 3 aromatic rings. The van der Waals surface area contributed by atoms with Gasteiger partial charge in [-0.25, -0.2) is 0 Å². The molecular formula is C19H13BrN2O3. The van der Waals surface area contributed by atoms with Crippen LogP contribution in [0.5, 0.6) is 0 Å². The van der Waals surface area contributed by atoms with E-state index in [1.165, 1.54) is 18.2 Å². The molecule has 0 aliphatic carbocycles. The topological polar surface area (TPSA) is 65.1 Å². The van der Waals surface area contributed by atoms with Crippen molar-refractivity contribution in [1.82, 2.24) is 4.57 Å². The minimum absolute atomic E-state index is 0.0204. The summed E-state index contributed by atoms with van der Waals surface area (Å²) >= 11 is 3.34. The van der Waals surface area contributed by atoms with Gasteiger partial charge in [0.25, 0.3) is 5.69 Å². The van der Waals surface area contributed by atoms with Crippen LogP contribution in [0, 0.1) is 10.1 Å². The summed E-state index contributed by atoms with van der Waals surface area (Å²) < 4.78 is 2.70. The highest BCUT2D eigenvalue weighted by molar-refractivity contribution is 9.10. The number of rotatable bonds is 5. The number of nitro benzene ring substituents is 1. The molecule has 0 fully saturated rings. The Balaban J connectivity index is 1.87. The smallest absolute Gasteiger partial charge is 0.271 e. The van der Waals surface area contributed by atoms with Crippen molar-refractivity contribution in [1.29, 1.82) is 0 Å². The number of nitro groups is 1. The molecule has 0 saturated heterocycles. The van der Waals surface area contributed by atoms with E-state index in [4.69, 9.17) is 0 Å². The lowest BCUT2D eigenvalue weighted by Gasteiger charge is -2.06. The van der Waals surface area contributed by atoms with Gasteiger partial charge in [0.2, 0.25) is 0 Å². The maximum atomic E-state index is 12.2. The molecule has 0 bridgehead atoms. The lowest BCUT2D eigenvalue weighted by atomic mass is 10.1. The molecule has 5 nitrogen and oxygen atoms in total. The number of hydrogen-bond donors (Lipinski definition) is 0.